The molecule has 1 heterocycles. The molecule has 0 radical (unpaired) electrons. The molecule has 0 aliphatic carbocycles. The number of nitrogens with one attached hydrogen (secondary N) is 1. The van der Waals surface area contributed by atoms with Gasteiger partial charge in [-0.3, -0.25) is 9.59 Å². The Hall–Kier alpha value is -2.83. The van der Waals surface area contributed by atoms with Gasteiger partial charge >= 0.3 is 6.09 Å². The number of benzene rings is 1. The second-order valence-electron chi connectivity index (χ2n) is 7.73. The molecule has 2 rings (SSSR count). The van der Waals surface area contributed by atoms with E-state index in [9.17, 15) is 14.4 Å². The van der Waals surface area contributed by atoms with Crippen LogP contribution in [0.5, 0.6) is 0 Å². The Bertz CT molecular complexity index is 722. The van der Waals surface area contributed by atoms with Crippen LogP contribution in [-0.2, 0) is 16.1 Å². The van der Waals surface area contributed by atoms with Gasteiger partial charge in [0.05, 0.1) is 0 Å². The summed E-state index contributed by atoms with van der Waals surface area (Å²) in [5.41, 5.74) is 0.953. The van der Waals surface area contributed by atoms with E-state index in [0.717, 1.165) is 5.56 Å². The standard InChI is InChI=1S/C21H29N3O4/c1-5-18(25)22-15-16-7-9-17(10-8-16)19(26)23-11-6-12-24(14-13-23)20(27)28-21(2,3)4/h5,7-10H,1,6,11-15H2,2-4H3,(H,22,25). The predicted molar refractivity (Wildman–Crippen MR) is 107 cm³/mol. The summed E-state index contributed by atoms with van der Waals surface area (Å²) < 4.78 is 5.42. The van der Waals surface area contributed by atoms with Crippen LogP contribution in [-0.4, -0.2) is 59.5 Å². The van der Waals surface area contributed by atoms with Crippen LogP contribution in [0, 0.1) is 0 Å². The van der Waals surface area contributed by atoms with Crippen LogP contribution in [0.4, 0.5) is 4.79 Å². The summed E-state index contributed by atoms with van der Waals surface area (Å²) >= 11 is 0. The number of carbonyl (C=O) groups is 3. The smallest absolute Gasteiger partial charge is 0.410 e. The molecule has 0 aromatic heterocycles. The van der Waals surface area contributed by atoms with Gasteiger partial charge in [0, 0.05) is 38.3 Å². The first kappa shape index (κ1) is 21.5. The molecule has 1 fully saturated rings. The second-order valence-corrected chi connectivity index (χ2v) is 7.73. The number of hydrogen-bond donors (Lipinski definition) is 1. The number of nitrogens with zero attached hydrogens (tertiary/aromatic N) is 2. The molecule has 0 saturated carbocycles. The largest absolute Gasteiger partial charge is 0.444 e. The number of amides is 3. The van der Waals surface area contributed by atoms with Crippen molar-refractivity contribution in [2.45, 2.75) is 39.3 Å². The van der Waals surface area contributed by atoms with Crippen molar-refractivity contribution in [1.29, 1.82) is 0 Å². The highest BCUT2D eigenvalue weighted by molar-refractivity contribution is 5.94. The summed E-state index contributed by atoms with van der Waals surface area (Å²) in [7, 11) is 0. The average Bonchev–Trinajstić information content (AvgIpc) is 2.91. The van der Waals surface area contributed by atoms with E-state index in [1.807, 2.05) is 32.9 Å². The Morgan fingerprint density at radius 1 is 1.07 bits per heavy atom. The molecule has 1 saturated heterocycles. The zero-order chi connectivity index (χ0) is 20.7. The molecule has 1 N–H and O–H groups in total. The highest BCUT2D eigenvalue weighted by Gasteiger charge is 2.26. The minimum Gasteiger partial charge on any atom is -0.444 e. The SMILES string of the molecule is C=CC(=O)NCc1ccc(C(=O)N2CCCN(C(=O)OC(C)(C)C)CC2)cc1. The van der Waals surface area contributed by atoms with Crippen molar-refractivity contribution in [1.82, 2.24) is 15.1 Å². The quantitative estimate of drug-likeness (QED) is 0.806. The van der Waals surface area contributed by atoms with Gasteiger partial charge in [0.25, 0.3) is 5.91 Å². The van der Waals surface area contributed by atoms with Crippen LogP contribution < -0.4 is 5.32 Å². The summed E-state index contributed by atoms with van der Waals surface area (Å²) in [4.78, 5) is 39.7. The molecule has 1 aromatic carbocycles. The van der Waals surface area contributed by atoms with Crippen LogP contribution in [0.25, 0.3) is 0 Å². The number of hydrogen-bond acceptors (Lipinski definition) is 4. The van der Waals surface area contributed by atoms with Crippen molar-refractivity contribution >= 4 is 17.9 Å². The van der Waals surface area contributed by atoms with Gasteiger partial charge in [0.1, 0.15) is 5.60 Å². The summed E-state index contributed by atoms with van der Waals surface area (Å²) in [6, 6.07) is 7.16. The fourth-order valence-corrected chi connectivity index (χ4v) is 2.84. The van der Waals surface area contributed by atoms with Crippen LogP contribution in [0.15, 0.2) is 36.9 Å². The lowest BCUT2D eigenvalue weighted by Crippen LogP contribution is -2.40. The maximum Gasteiger partial charge on any atom is 0.410 e. The molecule has 0 bridgehead atoms. The third-order valence-corrected chi connectivity index (χ3v) is 4.29. The predicted octanol–water partition coefficient (Wildman–Crippen LogP) is 2.57. The Morgan fingerprint density at radius 2 is 1.68 bits per heavy atom. The van der Waals surface area contributed by atoms with E-state index in [1.54, 1.807) is 21.9 Å². The molecule has 0 atom stereocenters. The highest BCUT2D eigenvalue weighted by atomic mass is 16.6. The van der Waals surface area contributed by atoms with Gasteiger partial charge in [0.2, 0.25) is 5.91 Å². The summed E-state index contributed by atoms with van der Waals surface area (Å²) in [5, 5.41) is 2.70. The topological polar surface area (TPSA) is 79.0 Å². The molecule has 0 unspecified atom stereocenters. The summed E-state index contributed by atoms with van der Waals surface area (Å²) in [6.07, 6.45) is 1.58. The van der Waals surface area contributed by atoms with Gasteiger partial charge in [-0.2, -0.15) is 0 Å². The van der Waals surface area contributed by atoms with Crippen molar-refractivity contribution in [2.75, 3.05) is 26.2 Å². The minimum atomic E-state index is -0.536. The molecular formula is C21H29N3O4. The number of carbonyl (C=O) groups excluding carboxylic acids is 3. The van der Waals surface area contributed by atoms with Crippen molar-refractivity contribution in [2.24, 2.45) is 0 Å². The molecule has 7 heteroatoms. The van der Waals surface area contributed by atoms with Crippen molar-refractivity contribution in [3.05, 3.63) is 48.0 Å². The van der Waals surface area contributed by atoms with Gasteiger partial charge in [0.15, 0.2) is 0 Å². The third kappa shape index (κ3) is 6.40. The monoisotopic (exact) mass is 387 g/mol. The molecule has 1 aliphatic heterocycles. The molecular weight excluding hydrogens is 358 g/mol. The van der Waals surface area contributed by atoms with Gasteiger partial charge in [-0.15, -0.1) is 0 Å². The first-order valence-electron chi connectivity index (χ1n) is 9.46. The lowest BCUT2D eigenvalue weighted by molar-refractivity contribution is -0.116. The Kier molecular flexibility index (Phi) is 7.20. The lowest BCUT2D eigenvalue weighted by atomic mass is 10.1. The Balaban J connectivity index is 1.93. The van der Waals surface area contributed by atoms with Crippen molar-refractivity contribution < 1.29 is 19.1 Å². The molecule has 0 spiro atoms. The van der Waals surface area contributed by atoms with Gasteiger partial charge in [-0.25, -0.2) is 4.79 Å². The van der Waals surface area contributed by atoms with Crippen LogP contribution in [0.2, 0.25) is 0 Å². The zero-order valence-electron chi connectivity index (χ0n) is 16.9. The second kappa shape index (κ2) is 9.39. The summed E-state index contributed by atoms with van der Waals surface area (Å²) in [5.74, 6) is -0.299. The van der Waals surface area contributed by atoms with Gasteiger partial charge < -0.3 is 19.9 Å². The van der Waals surface area contributed by atoms with E-state index in [2.05, 4.69) is 11.9 Å². The fraction of sp³-hybridized carbons (Fsp3) is 0.476. The highest BCUT2D eigenvalue weighted by Crippen LogP contribution is 2.14. The third-order valence-electron chi connectivity index (χ3n) is 4.29. The first-order chi connectivity index (χ1) is 13.2. The first-order valence-corrected chi connectivity index (χ1v) is 9.46. The average molecular weight is 387 g/mol. The molecule has 1 aliphatic rings. The molecule has 1 aromatic rings. The Labute approximate surface area is 166 Å². The van der Waals surface area contributed by atoms with E-state index in [0.29, 0.717) is 44.7 Å². The maximum atomic E-state index is 12.8. The minimum absolute atomic E-state index is 0.0623. The summed E-state index contributed by atoms with van der Waals surface area (Å²) in [6.45, 7) is 11.4. The van der Waals surface area contributed by atoms with Crippen LogP contribution >= 0.6 is 0 Å². The van der Waals surface area contributed by atoms with E-state index in [-0.39, 0.29) is 17.9 Å². The van der Waals surface area contributed by atoms with Crippen LogP contribution in [0.3, 0.4) is 0 Å². The van der Waals surface area contributed by atoms with Gasteiger partial charge in [-0.05, 0) is 51.0 Å². The Morgan fingerprint density at radius 3 is 2.29 bits per heavy atom. The van der Waals surface area contributed by atoms with Gasteiger partial charge in [-0.1, -0.05) is 18.7 Å². The molecule has 3 amide bonds. The van der Waals surface area contributed by atoms with Crippen LogP contribution in [0.1, 0.15) is 43.1 Å². The van der Waals surface area contributed by atoms with Crippen molar-refractivity contribution in [3.63, 3.8) is 0 Å². The zero-order valence-corrected chi connectivity index (χ0v) is 16.9. The van der Waals surface area contributed by atoms with E-state index < -0.39 is 5.60 Å². The number of ether oxygens (including phenoxy) is 1. The number of rotatable bonds is 4. The molecule has 7 nitrogen and oxygen atoms in total. The lowest BCUT2D eigenvalue weighted by Gasteiger charge is -2.26. The van der Waals surface area contributed by atoms with E-state index in [4.69, 9.17) is 4.74 Å². The molecule has 152 valence electrons. The van der Waals surface area contributed by atoms with E-state index >= 15 is 0 Å². The fourth-order valence-electron chi connectivity index (χ4n) is 2.84. The van der Waals surface area contributed by atoms with E-state index in [1.165, 1.54) is 6.08 Å². The normalized spacial score (nSPS) is 14.8. The molecule has 28 heavy (non-hydrogen) atoms. The maximum absolute atomic E-state index is 12.8. The van der Waals surface area contributed by atoms with Crippen molar-refractivity contribution in [3.8, 4) is 0 Å².